The molecule has 0 saturated heterocycles. The van der Waals surface area contributed by atoms with Crippen molar-refractivity contribution in [2.24, 2.45) is 0 Å². The SMILES string of the molecule is N#CCc1ccc(NS(=O)(=O)c2csc(C(=O)O)c2)cc1. The molecular formula is C13H10N2O4S2. The molecule has 8 heteroatoms. The number of aromatic carboxylic acids is 1. The molecule has 21 heavy (non-hydrogen) atoms. The van der Waals surface area contributed by atoms with Crippen molar-refractivity contribution in [1.29, 1.82) is 5.26 Å². The molecule has 6 nitrogen and oxygen atoms in total. The lowest BCUT2D eigenvalue weighted by Crippen LogP contribution is -2.12. The molecule has 1 aromatic heterocycles. The van der Waals surface area contributed by atoms with E-state index in [9.17, 15) is 13.2 Å². The Morgan fingerprint density at radius 2 is 2.00 bits per heavy atom. The Labute approximate surface area is 125 Å². The van der Waals surface area contributed by atoms with Crippen LogP contribution in [-0.2, 0) is 16.4 Å². The van der Waals surface area contributed by atoms with Gasteiger partial charge in [-0.05, 0) is 23.8 Å². The van der Waals surface area contributed by atoms with Gasteiger partial charge in [-0.2, -0.15) is 5.26 Å². The summed E-state index contributed by atoms with van der Waals surface area (Å²) < 4.78 is 26.6. The standard InChI is InChI=1S/C13H10N2O4S2/c14-6-5-9-1-3-10(4-2-9)15-21(18,19)11-7-12(13(16)17)20-8-11/h1-4,7-8,15H,5H2,(H,16,17). The highest BCUT2D eigenvalue weighted by Gasteiger charge is 2.18. The molecule has 0 atom stereocenters. The maximum Gasteiger partial charge on any atom is 0.345 e. The van der Waals surface area contributed by atoms with E-state index in [0.717, 1.165) is 23.0 Å². The predicted octanol–water partition coefficient (Wildman–Crippen LogP) is 2.31. The molecule has 2 aromatic rings. The van der Waals surface area contributed by atoms with Crippen LogP contribution in [0.15, 0.2) is 40.6 Å². The third kappa shape index (κ3) is 3.59. The summed E-state index contributed by atoms with van der Waals surface area (Å²) in [6.45, 7) is 0. The second-order valence-electron chi connectivity index (χ2n) is 4.09. The fourth-order valence-electron chi connectivity index (χ4n) is 1.57. The quantitative estimate of drug-likeness (QED) is 0.878. The second kappa shape index (κ2) is 5.95. The van der Waals surface area contributed by atoms with Crippen LogP contribution in [-0.4, -0.2) is 19.5 Å². The Morgan fingerprint density at radius 3 is 2.52 bits per heavy atom. The molecule has 0 spiro atoms. The average Bonchev–Trinajstić information content (AvgIpc) is 2.92. The van der Waals surface area contributed by atoms with Gasteiger partial charge >= 0.3 is 5.97 Å². The van der Waals surface area contributed by atoms with Crippen molar-refractivity contribution in [3.8, 4) is 6.07 Å². The number of nitrogens with zero attached hydrogens (tertiary/aromatic N) is 1. The number of carboxylic acids is 1. The fourth-order valence-corrected chi connectivity index (χ4v) is 3.74. The van der Waals surface area contributed by atoms with Gasteiger partial charge in [-0.25, -0.2) is 13.2 Å². The minimum atomic E-state index is -3.82. The Kier molecular flexibility index (Phi) is 4.26. The highest BCUT2D eigenvalue weighted by Crippen LogP contribution is 2.22. The zero-order valence-electron chi connectivity index (χ0n) is 10.6. The molecule has 108 valence electrons. The Hall–Kier alpha value is -2.37. The summed E-state index contributed by atoms with van der Waals surface area (Å²) >= 11 is 0.849. The van der Waals surface area contributed by atoms with Crippen LogP contribution in [0.3, 0.4) is 0 Å². The number of carboxylic acid groups (broad SMARTS) is 1. The third-order valence-corrected chi connectivity index (χ3v) is 5.01. The number of nitriles is 1. The van der Waals surface area contributed by atoms with Gasteiger partial charge in [-0.15, -0.1) is 11.3 Å². The first-order valence-electron chi connectivity index (χ1n) is 5.73. The number of carbonyl (C=O) groups is 1. The topological polar surface area (TPSA) is 107 Å². The van der Waals surface area contributed by atoms with E-state index in [-0.39, 0.29) is 16.2 Å². The van der Waals surface area contributed by atoms with E-state index < -0.39 is 16.0 Å². The molecular weight excluding hydrogens is 312 g/mol. The van der Waals surface area contributed by atoms with Crippen LogP contribution in [0.1, 0.15) is 15.2 Å². The van der Waals surface area contributed by atoms with Gasteiger partial charge in [0.05, 0.1) is 17.4 Å². The zero-order valence-corrected chi connectivity index (χ0v) is 12.2. The van der Waals surface area contributed by atoms with Crippen LogP contribution >= 0.6 is 11.3 Å². The molecule has 2 N–H and O–H groups in total. The van der Waals surface area contributed by atoms with Gasteiger partial charge in [-0.3, -0.25) is 4.72 Å². The number of hydrogen-bond donors (Lipinski definition) is 2. The molecule has 0 aliphatic heterocycles. The van der Waals surface area contributed by atoms with Crippen molar-refractivity contribution in [2.75, 3.05) is 4.72 Å². The highest BCUT2D eigenvalue weighted by molar-refractivity contribution is 7.92. The van der Waals surface area contributed by atoms with E-state index >= 15 is 0 Å². The summed E-state index contributed by atoms with van der Waals surface area (Å²) in [5.41, 5.74) is 1.13. The summed E-state index contributed by atoms with van der Waals surface area (Å²) in [6, 6.07) is 9.51. The molecule has 0 amide bonds. The number of hydrogen-bond acceptors (Lipinski definition) is 5. The smallest absolute Gasteiger partial charge is 0.345 e. The van der Waals surface area contributed by atoms with Gasteiger partial charge < -0.3 is 5.11 Å². The number of anilines is 1. The van der Waals surface area contributed by atoms with Crippen molar-refractivity contribution in [3.63, 3.8) is 0 Å². The van der Waals surface area contributed by atoms with Crippen LogP contribution in [0.4, 0.5) is 5.69 Å². The number of sulfonamides is 1. The first-order valence-corrected chi connectivity index (χ1v) is 8.09. The molecule has 0 bridgehead atoms. The maximum atomic E-state index is 12.1. The van der Waals surface area contributed by atoms with Crippen molar-refractivity contribution in [3.05, 3.63) is 46.2 Å². The average molecular weight is 322 g/mol. The van der Waals surface area contributed by atoms with Crippen LogP contribution in [0, 0.1) is 11.3 Å². The molecule has 0 fully saturated rings. The maximum absolute atomic E-state index is 12.1. The predicted molar refractivity (Wildman–Crippen MR) is 77.8 cm³/mol. The number of nitrogens with one attached hydrogen (secondary N) is 1. The van der Waals surface area contributed by atoms with E-state index in [1.165, 1.54) is 5.38 Å². The van der Waals surface area contributed by atoms with E-state index in [0.29, 0.717) is 5.69 Å². The minimum Gasteiger partial charge on any atom is -0.477 e. The first-order chi connectivity index (χ1) is 9.92. The van der Waals surface area contributed by atoms with Crippen molar-refractivity contribution in [2.45, 2.75) is 11.3 Å². The molecule has 0 aliphatic rings. The Bertz CT molecular complexity index is 801. The van der Waals surface area contributed by atoms with Crippen molar-refractivity contribution in [1.82, 2.24) is 0 Å². The summed E-state index contributed by atoms with van der Waals surface area (Å²) in [6.07, 6.45) is 0.250. The summed E-state index contributed by atoms with van der Waals surface area (Å²) in [7, 11) is -3.82. The Morgan fingerprint density at radius 1 is 1.33 bits per heavy atom. The summed E-state index contributed by atoms with van der Waals surface area (Å²) in [5.74, 6) is -1.16. The monoisotopic (exact) mass is 322 g/mol. The summed E-state index contributed by atoms with van der Waals surface area (Å²) in [4.78, 5) is 10.6. The lowest BCUT2D eigenvalue weighted by atomic mass is 10.1. The van der Waals surface area contributed by atoms with Gasteiger partial charge in [0.2, 0.25) is 0 Å². The van der Waals surface area contributed by atoms with Crippen molar-refractivity contribution >= 4 is 33.0 Å². The normalized spacial score (nSPS) is 10.8. The number of thiophene rings is 1. The molecule has 0 saturated carbocycles. The molecule has 1 aromatic carbocycles. The Balaban J connectivity index is 2.20. The van der Waals surface area contributed by atoms with Gasteiger partial charge in [-0.1, -0.05) is 12.1 Å². The minimum absolute atomic E-state index is 0.0419. The van der Waals surface area contributed by atoms with Gasteiger partial charge in [0.15, 0.2) is 0 Å². The van der Waals surface area contributed by atoms with Crippen molar-refractivity contribution < 1.29 is 18.3 Å². The van der Waals surface area contributed by atoms with Gasteiger partial charge in [0, 0.05) is 11.1 Å². The molecule has 2 rings (SSSR count). The molecule has 0 radical (unpaired) electrons. The van der Waals surface area contributed by atoms with Crippen LogP contribution in [0.5, 0.6) is 0 Å². The van der Waals surface area contributed by atoms with E-state index in [4.69, 9.17) is 10.4 Å². The van der Waals surface area contributed by atoms with Gasteiger partial charge in [0.1, 0.15) is 4.88 Å². The zero-order chi connectivity index (χ0) is 15.5. The van der Waals surface area contributed by atoms with E-state index in [2.05, 4.69) is 4.72 Å². The van der Waals surface area contributed by atoms with Crippen LogP contribution in [0.2, 0.25) is 0 Å². The molecule has 1 heterocycles. The second-order valence-corrected chi connectivity index (χ2v) is 6.68. The van der Waals surface area contributed by atoms with Crippen LogP contribution < -0.4 is 4.72 Å². The largest absolute Gasteiger partial charge is 0.477 e. The molecule has 0 unspecified atom stereocenters. The number of rotatable bonds is 5. The van der Waals surface area contributed by atoms with Crippen LogP contribution in [0.25, 0.3) is 0 Å². The first kappa shape index (κ1) is 15.0. The lowest BCUT2D eigenvalue weighted by Gasteiger charge is -2.06. The van der Waals surface area contributed by atoms with E-state index in [1.807, 2.05) is 6.07 Å². The lowest BCUT2D eigenvalue weighted by molar-refractivity contribution is 0.0702. The van der Waals surface area contributed by atoms with Gasteiger partial charge in [0.25, 0.3) is 10.0 Å². The number of benzene rings is 1. The fraction of sp³-hybridized carbons (Fsp3) is 0.0769. The third-order valence-electron chi connectivity index (χ3n) is 2.59. The summed E-state index contributed by atoms with van der Waals surface area (Å²) in [5, 5.41) is 18.6. The molecule has 0 aliphatic carbocycles. The highest BCUT2D eigenvalue weighted by atomic mass is 32.2. The van der Waals surface area contributed by atoms with E-state index in [1.54, 1.807) is 24.3 Å².